The lowest BCUT2D eigenvalue weighted by Crippen LogP contribution is -2.03. The van der Waals surface area contributed by atoms with Gasteiger partial charge in [-0.15, -0.1) is 0 Å². The summed E-state index contributed by atoms with van der Waals surface area (Å²) in [7, 11) is 0. The normalized spacial score (nSPS) is 10.0. The average molecular weight is 254 g/mol. The third kappa shape index (κ3) is 3.11. The summed E-state index contributed by atoms with van der Waals surface area (Å²) in [5.74, 6) is -0.219. The van der Waals surface area contributed by atoms with Crippen molar-refractivity contribution in [2.75, 3.05) is 5.32 Å². The maximum Gasteiger partial charge on any atom is 0.123 e. The minimum Gasteiger partial charge on any atom is -0.381 e. The van der Waals surface area contributed by atoms with Crippen LogP contribution in [0.2, 0.25) is 0 Å². The van der Waals surface area contributed by atoms with Gasteiger partial charge in [0.25, 0.3) is 0 Å². The molecule has 0 fully saturated rings. The van der Waals surface area contributed by atoms with Gasteiger partial charge in [0, 0.05) is 12.2 Å². The van der Waals surface area contributed by atoms with E-state index in [1.54, 1.807) is 12.1 Å². The minimum atomic E-state index is -0.219. The molecule has 0 aliphatic rings. The summed E-state index contributed by atoms with van der Waals surface area (Å²) in [6.45, 7) is 4.49. The van der Waals surface area contributed by atoms with Crippen LogP contribution in [0.15, 0.2) is 36.4 Å². The fourth-order valence-corrected chi connectivity index (χ4v) is 1.93. The molecule has 0 aliphatic heterocycles. The van der Waals surface area contributed by atoms with Crippen molar-refractivity contribution in [1.82, 2.24) is 0 Å². The molecule has 96 valence electrons. The summed E-state index contributed by atoms with van der Waals surface area (Å²) in [5.41, 5.74) is 4.61. The van der Waals surface area contributed by atoms with E-state index in [4.69, 9.17) is 5.26 Å². The molecule has 0 aromatic heterocycles. The maximum absolute atomic E-state index is 13.0. The predicted molar refractivity (Wildman–Crippen MR) is 74.4 cm³/mol. The standard InChI is InChI=1S/C16H15FN2/c1-11-3-4-13(9-18)8-16(11)19-10-14-5-6-15(17)7-12(14)2/h3-8,19H,10H2,1-2H3. The van der Waals surface area contributed by atoms with Gasteiger partial charge in [-0.1, -0.05) is 12.1 Å². The molecule has 0 bridgehead atoms. The first-order valence-electron chi connectivity index (χ1n) is 6.10. The molecule has 0 unspecified atom stereocenters. The topological polar surface area (TPSA) is 35.8 Å². The summed E-state index contributed by atoms with van der Waals surface area (Å²) >= 11 is 0. The molecule has 2 rings (SSSR count). The van der Waals surface area contributed by atoms with Crippen molar-refractivity contribution in [3.63, 3.8) is 0 Å². The number of nitrogens with one attached hydrogen (secondary N) is 1. The van der Waals surface area contributed by atoms with E-state index in [1.165, 1.54) is 12.1 Å². The second-order valence-corrected chi connectivity index (χ2v) is 4.57. The Hall–Kier alpha value is -2.34. The Kier molecular flexibility index (Phi) is 3.82. The zero-order valence-electron chi connectivity index (χ0n) is 11.0. The zero-order valence-corrected chi connectivity index (χ0v) is 11.0. The number of hydrogen-bond donors (Lipinski definition) is 1. The molecule has 2 aromatic carbocycles. The van der Waals surface area contributed by atoms with Crippen molar-refractivity contribution in [2.24, 2.45) is 0 Å². The monoisotopic (exact) mass is 254 g/mol. The van der Waals surface area contributed by atoms with Crippen LogP contribution in [-0.4, -0.2) is 0 Å². The van der Waals surface area contributed by atoms with E-state index in [9.17, 15) is 4.39 Å². The highest BCUT2D eigenvalue weighted by Crippen LogP contribution is 2.18. The second-order valence-electron chi connectivity index (χ2n) is 4.57. The Labute approximate surface area is 112 Å². The van der Waals surface area contributed by atoms with Crippen molar-refractivity contribution in [2.45, 2.75) is 20.4 Å². The number of aryl methyl sites for hydroxylation is 2. The van der Waals surface area contributed by atoms with E-state index in [0.717, 1.165) is 22.4 Å². The maximum atomic E-state index is 13.0. The smallest absolute Gasteiger partial charge is 0.123 e. The molecular formula is C16H15FN2. The van der Waals surface area contributed by atoms with E-state index >= 15 is 0 Å². The largest absolute Gasteiger partial charge is 0.381 e. The Morgan fingerprint density at radius 2 is 1.89 bits per heavy atom. The number of benzene rings is 2. The van der Waals surface area contributed by atoms with Gasteiger partial charge < -0.3 is 5.32 Å². The Morgan fingerprint density at radius 1 is 1.11 bits per heavy atom. The van der Waals surface area contributed by atoms with Gasteiger partial charge >= 0.3 is 0 Å². The van der Waals surface area contributed by atoms with Crippen molar-refractivity contribution < 1.29 is 4.39 Å². The highest BCUT2D eigenvalue weighted by Gasteiger charge is 2.03. The van der Waals surface area contributed by atoms with Crippen LogP contribution in [0.1, 0.15) is 22.3 Å². The van der Waals surface area contributed by atoms with E-state index in [0.29, 0.717) is 12.1 Å². The molecule has 0 amide bonds. The Bertz CT molecular complexity index is 642. The average Bonchev–Trinajstić information content (AvgIpc) is 2.39. The van der Waals surface area contributed by atoms with E-state index in [2.05, 4.69) is 11.4 Å². The van der Waals surface area contributed by atoms with Crippen molar-refractivity contribution in [1.29, 1.82) is 5.26 Å². The molecule has 2 aromatic rings. The number of halogens is 1. The third-order valence-corrected chi connectivity index (χ3v) is 3.14. The number of anilines is 1. The van der Waals surface area contributed by atoms with Gasteiger partial charge in [0.2, 0.25) is 0 Å². The highest BCUT2D eigenvalue weighted by molar-refractivity contribution is 5.55. The molecule has 2 nitrogen and oxygen atoms in total. The summed E-state index contributed by atoms with van der Waals surface area (Å²) in [6, 6.07) is 12.4. The second kappa shape index (κ2) is 5.53. The van der Waals surface area contributed by atoms with Crippen molar-refractivity contribution >= 4 is 5.69 Å². The van der Waals surface area contributed by atoms with Gasteiger partial charge in [-0.05, 0) is 54.8 Å². The minimum absolute atomic E-state index is 0.219. The van der Waals surface area contributed by atoms with Crippen LogP contribution in [0.3, 0.4) is 0 Å². The molecular weight excluding hydrogens is 239 g/mol. The van der Waals surface area contributed by atoms with Crippen LogP contribution in [0.25, 0.3) is 0 Å². The Balaban J connectivity index is 2.16. The highest BCUT2D eigenvalue weighted by atomic mass is 19.1. The van der Waals surface area contributed by atoms with Crippen LogP contribution in [-0.2, 0) is 6.54 Å². The fraction of sp³-hybridized carbons (Fsp3) is 0.188. The SMILES string of the molecule is Cc1cc(F)ccc1CNc1cc(C#N)ccc1C. The quantitative estimate of drug-likeness (QED) is 0.900. The first-order chi connectivity index (χ1) is 9.10. The van der Waals surface area contributed by atoms with Crippen molar-refractivity contribution in [3.8, 4) is 6.07 Å². The van der Waals surface area contributed by atoms with Crippen LogP contribution in [0, 0.1) is 31.0 Å². The lowest BCUT2D eigenvalue weighted by atomic mass is 10.1. The summed E-state index contributed by atoms with van der Waals surface area (Å²) < 4.78 is 13.0. The lowest BCUT2D eigenvalue weighted by molar-refractivity contribution is 0.625. The lowest BCUT2D eigenvalue weighted by Gasteiger charge is -2.11. The first kappa shape index (κ1) is 13.1. The summed E-state index contributed by atoms with van der Waals surface area (Å²) in [4.78, 5) is 0. The van der Waals surface area contributed by atoms with Gasteiger partial charge in [0.15, 0.2) is 0 Å². The molecule has 0 saturated carbocycles. The molecule has 0 spiro atoms. The van der Waals surface area contributed by atoms with Gasteiger partial charge in [-0.2, -0.15) is 5.26 Å². The Morgan fingerprint density at radius 3 is 2.58 bits per heavy atom. The fourth-order valence-electron chi connectivity index (χ4n) is 1.93. The van der Waals surface area contributed by atoms with Crippen LogP contribution < -0.4 is 5.32 Å². The molecule has 1 N–H and O–H groups in total. The molecule has 0 atom stereocenters. The summed E-state index contributed by atoms with van der Waals surface area (Å²) in [5, 5.41) is 12.2. The van der Waals surface area contributed by atoms with Gasteiger partial charge in [0.05, 0.1) is 11.6 Å². The number of nitrogens with zero attached hydrogens (tertiary/aromatic N) is 1. The molecule has 19 heavy (non-hydrogen) atoms. The molecule has 0 radical (unpaired) electrons. The third-order valence-electron chi connectivity index (χ3n) is 3.14. The van der Waals surface area contributed by atoms with Gasteiger partial charge in [-0.25, -0.2) is 4.39 Å². The van der Waals surface area contributed by atoms with E-state index in [-0.39, 0.29) is 5.82 Å². The number of nitriles is 1. The zero-order chi connectivity index (χ0) is 13.8. The van der Waals surface area contributed by atoms with Gasteiger partial charge in [0.1, 0.15) is 5.82 Å². The summed E-state index contributed by atoms with van der Waals surface area (Å²) in [6.07, 6.45) is 0. The van der Waals surface area contributed by atoms with Gasteiger partial charge in [-0.3, -0.25) is 0 Å². The van der Waals surface area contributed by atoms with E-state index < -0.39 is 0 Å². The number of hydrogen-bond acceptors (Lipinski definition) is 2. The van der Waals surface area contributed by atoms with E-state index in [1.807, 2.05) is 26.0 Å². The van der Waals surface area contributed by atoms with Crippen LogP contribution >= 0.6 is 0 Å². The first-order valence-corrected chi connectivity index (χ1v) is 6.10. The number of rotatable bonds is 3. The van der Waals surface area contributed by atoms with Crippen molar-refractivity contribution in [3.05, 3.63) is 64.5 Å². The van der Waals surface area contributed by atoms with Crippen LogP contribution in [0.5, 0.6) is 0 Å². The molecule has 0 aliphatic carbocycles. The molecule has 3 heteroatoms. The predicted octanol–water partition coefficient (Wildman–Crippen LogP) is 3.93. The van der Waals surface area contributed by atoms with Crippen LogP contribution in [0.4, 0.5) is 10.1 Å². The molecule has 0 heterocycles. The molecule has 0 saturated heterocycles.